The lowest BCUT2D eigenvalue weighted by Gasteiger charge is -2.20. The highest BCUT2D eigenvalue weighted by Gasteiger charge is 2.38. The molecule has 1 heterocycles. The normalized spacial score (nSPS) is 23.8. The van der Waals surface area contributed by atoms with E-state index in [0.29, 0.717) is 12.2 Å². The van der Waals surface area contributed by atoms with Crippen molar-refractivity contribution in [2.24, 2.45) is 0 Å². The van der Waals surface area contributed by atoms with E-state index in [1.54, 1.807) is 23.9 Å². The van der Waals surface area contributed by atoms with Gasteiger partial charge in [0.2, 0.25) is 10.0 Å². The average Bonchev–Trinajstić information content (AvgIpc) is 2.78. The lowest BCUT2D eigenvalue weighted by Crippen LogP contribution is -2.47. The molecule has 1 aromatic rings. The van der Waals surface area contributed by atoms with E-state index in [-0.39, 0.29) is 4.90 Å². The van der Waals surface area contributed by atoms with Gasteiger partial charge in [0.1, 0.15) is 5.54 Å². The van der Waals surface area contributed by atoms with E-state index in [4.69, 9.17) is 0 Å². The molecule has 1 aromatic carbocycles. The minimum atomic E-state index is -3.64. The Morgan fingerprint density at radius 3 is 2.56 bits per heavy atom. The number of benzene rings is 1. The van der Waals surface area contributed by atoms with Crippen molar-refractivity contribution in [1.29, 1.82) is 5.26 Å². The Bertz CT molecular complexity index is 572. The van der Waals surface area contributed by atoms with Gasteiger partial charge in [0.05, 0.1) is 11.0 Å². The molecule has 1 N–H and O–H groups in total. The van der Waals surface area contributed by atoms with Crippen LogP contribution in [0.3, 0.4) is 0 Å². The molecule has 0 bridgehead atoms. The SMILES string of the molecule is N#CC1(NS(=O)(=O)c2ccc(Br)cc2)CCSC1. The molecule has 1 unspecified atom stereocenters. The first-order valence-electron chi connectivity index (χ1n) is 5.26. The molecule has 1 fully saturated rings. The van der Waals surface area contributed by atoms with Gasteiger partial charge in [-0.3, -0.25) is 0 Å². The zero-order valence-electron chi connectivity index (χ0n) is 9.39. The van der Waals surface area contributed by atoms with Crippen LogP contribution in [0.15, 0.2) is 33.6 Å². The molecule has 1 aliphatic rings. The Hall–Kier alpha value is -0.550. The minimum Gasteiger partial charge on any atom is -0.207 e. The van der Waals surface area contributed by atoms with Crippen molar-refractivity contribution in [3.63, 3.8) is 0 Å². The van der Waals surface area contributed by atoms with Gasteiger partial charge in [0.15, 0.2) is 0 Å². The highest BCUT2D eigenvalue weighted by Crippen LogP contribution is 2.29. The Morgan fingerprint density at radius 2 is 2.06 bits per heavy atom. The largest absolute Gasteiger partial charge is 0.241 e. The highest BCUT2D eigenvalue weighted by atomic mass is 79.9. The third-order valence-corrected chi connectivity index (χ3v) is 5.96. The first-order chi connectivity index (χ1) is 8.47. The van der Waals surface area contributed by atoms with Gasteiger partial charge in [-0.05, 0) is 36.4 Å². The van der Waals surface area contributed by atoms with Crippen LogP contribution in [0.4, 0.5) is 0 Å². The van der Waals surface area contributed by atoms with Gasteiger partial charge in [-0.15, -0.1) is 0 Å². The van der Waals surface area contributed by atoms with E-state index >= 15 is 0 Å². The van der Waals surface area contributed by atoms with Gasteiger partial charge in [0, 0.05) is 10.2 Å². The van der Waals surface area contributed by atoms with Crippen molar-refractivity contribution in [2.45, 2.75) is 16.9 Å². The summed E-state index contributed by atoms with van der Waals surface area (Å²) in [5.74, 6) is 1.30. The van der Waals surface area contributed by atoms with Crippen LogP contribution in [0.2, 0.25) is 0 Å². The summed E-state index contributed by atoms with van der Waals surface area (Å²) in [4.78, 5) is 0.178. The van der Waals surface area contributed by atoms with Gasteiger partial charge < -0.3 is 0 Å². The molecule has 0 amide bonds. The van der Waals surface area contributed by atoms with E-state index in [9.17, 15) is 13.7 Å². The van der Waals surface area contributed by atoms with Crippen LogP contribution >= 0.6 is 27.7 Å². The number of thioether (sulfide) groups is 1. The number of halogens is 1. The van der Waals surface area contributed by atoms with Crippen molar-refractivity contribution >= 4 is 37.7 Å². The fraction of sp³-hybridized carbons (Fsp3) is 0.364. The quantitative estimate of drug-likeness (QED) is 0.909. The Labute approximate surface area is 119 Å². The number of nitriles is 1. The molecule has 1 aliphatic heterocycles. The number of sulfonamides is 1. The standard InChI is InChI=1S/C11H11BrN2O2S2/c12-9-1-3-10(4-2-9)18(15,16)14-11(7-13)5-6-17-8-11/h1-4,14H,5-6,8H2. The van der Waals surface area contributed by atoms with Crippen molar-refractivity contribution in [1.82, 2.24) is 4.72 Å². The summed E-state index contributed by atoms with van der Waals surface area (Å²) in [6.45, 7) is 0. The number of nitrogens with one attached hydrogen (secondary N) is 1. The van der Waals surface area contributed by atoms with Crippen molar-refractivity contribution in [3.05, 3.63) is 28.7 Å². The number of nitrogens with zero attached hydrogens (tertiary/aromatic N) is 1. The lowest BCUT2D eigenvalue weighted by molar-refractivity contribution is 0.515. The van der Waals surface area contributed by atoms with Crippen LogP contribution in [-0.2, 0) is 10.0 Å². The molecule has 0 saturated carbocycles. The molecule has 96 valence electrons. The molecule has 0 aliphatic carbocycles. The number of hydrogen-bond donors (Lipinski definition) is 1. The summed E-state index contributed by atoms with van der Waals surface area (Å²) in [5.41, 5.74) is -0.962. The van der Waals surface area contributed by atoms with Crippen molar-refractivity contribution < 1.29 is 8.42 Å². The van der Waals surface area contributed by atoms with Crippen molar-refractivity contribution in [2.75, 3.05) is 11.5 Å². The summed E-state index contributed by atoms with van der Waals surface area (Å²) in [7, 11) is -3.64. The van der Waals surface area contributed by atoms with E-state index in [1.165, 1.54) is 12.1 Å². The smallest absolute Gasteiger partial charge is 0.207 e. The Kier molecular flexibility index (Phi) is 4.02. The average molecular weight is 347 g/mol. The molecule has 0 aromatic heterocycles. The molecule has 4 nitrogen and oxygen atoms in total. The number of rotatable bonds is 3. The zero-order valence-corrected chi connectivity index (χ0v) is 12.6. The predicted octanol–water partition coefficient (Wildman–Crippen LogP) is 2.13. The van der Waals surface area contributed by atoms with Crippen LogP contribution in [0.5, 0.6) is 0 Å². The second-order valence-corrected chi connectivity index (χ2v) is 7.76. The summed E-state index contributed by atoms with van der Waals surface area (Å²) < 4.78 is 27.7. The van der Waals surface area contributed by atoms with Crippen LogP contribution in [0.1, 0.15) is 6.42 Å². The molecular formula is C11H11BrN2O2S2. The van der Waals surface area contributed by atoms with Gasteiger partial charge in [-0.2, -0.15) is 21.7 Å². The summed E-state index contributed by atoms with van der Waals surface area (Å²) in [6.07, 6.45) is 0.546. The maximum atomic E-state index is 12.2. The van der Waals surface area contributed by atoms with Gasteiger partial charge >= 0.3 is 0 Å². The Morgan fingerprint density at radius 1 is 1.39 bits per heavy atom. The molecule has 2 rings (SSSR count). The van der Waals surface area contributed by atoms with Crippen LogP contribution in [0, 0.1) is 11.3 Å². The first kappa shape index (κ1) is 13.9. The summed E-state index contributed by atoms with van der Waals surface area (Å²) in [5, 5.41) is 9.17. The molecule has 18 heavy (non-hydrogen) atoms. The Balaban J connectivity index is 2.27. The maximum Gasteiger partial charge on any atom is 0.241 e. The van der Waals surface area contributed by atoms with Gasteiger partial charge in [-0.1, -0.05) is 15.9 Å². The van der Waals surface area contributed by atoms with Crippen LogP contribution < -0.4 is 4.72 Å². The predicted molar refractivity (Wildman–Crippen MR) is 74.7 cm³/mol. The molecule has 0 spiro atoms. The number of hydrogen-bond acceptors (Lipinski definition) is 4. The molecule has 7 heteroatoms. The van der Waals surface area contributed by atoms with E-state index in [2.05, 4.69) is 26.7 Å². The monoisotopic (exact) mass is 346 g/mol. The third kappa shape index (κ3) is 2.88. The fourth-order valence-corrected chi connectivity index (χ4v) is 4.66. The van der Waals surface area contributed by atoms with Crippen LogP contribution in [0.25, 0.3) is 0 Å². The fourth-order valence-electron chi connectivity index (χ4n) is 1.69. The first-order valence-corrected chi connectivity index (χ1v) is 8.69. The van der Waals surface area contributed by atoms with E-state index < -0.39 is 15.6 Å². The highest BCUT2D eigenvalue weighted by molar-refractivity contribution is 9.10. The second kappa shape index (κ2) is 5.21. The van der Waals surface area contributed by atoms with Crippen LogP contribution in [-0.4, -0.2) is 25.5 Å². The van der Waals surface area contributed by atoms with Gasteiger partial charge in [0.25, 0.3) is 0 Å². The maximum absolute atomic E-state index is 12.2. The van der Waals surface area contributed by atoms with E-state index in [0.717, 1.165) is 10.2 Å². The molecular weight excluding hydrogens is 336 g/mol. The minimum absolute atomic E-state index is 0.178. The molecule has 1 atom stereocenters. The van der Waals surface area contributed by atoms with Crippen molar-refractivity contribution in [3.8, 4) is 6.07 Å². The molecule has 1 saturated heterocycles. The summed E-state index contributed by atoms with van der Waals surface area (Å²) in [6, 6.07) is 8.45. The molecule has 0 radical (unpaired) electrons. The topological polar surface area (TPSA) is 70.0 Å². The zero-order chi connectivity index (χ0) is 13.2. The van der Waals surface area contributed by atoms with E-state index in [1.807, 2.05) is 0 Å². The third-order valence-electron chi connectivity index (χ3n) is 2.69. The summed E-state index contributed by atoms with van der Waals surface area (Å²) >= 11 is 4.84. The van der Waals surface area contributed by atoms with Gasteiger partial charge in [-0.25, -0.2) is 8.42 Å². The lowest BCUT2D eigenvalue weighted by atomic mass is 10.0. The second-order valence-electron chi connectivity index (χ2n) is 4.06.